The first-order valence-electron chi connectivity index (χ1n) is 7.98. The Labute approximate surface area is 150 Å². The minimum atomic E-state index is -0.190. The zero-order chi connectivity index (χ0) is 17.8. The molecule has 0 saturated carbocycles. The summed E-state index contributed by atoms with van der Waals surface area (Å²) in [4.78, 5) is 16.9. The second-order valence-corrected chi connectivity index (χ2v) is 6.80. The van der Waals surface area contributed by atoms with Gasteiger partial charge in [0, 0.05) is 5.92 Å². The lowest BCUT2D eigenvalue weighted by Crippen LogP contribution is -2.22. The molecule has 1 N–H and O–H groups in total. The quantitative estimate of drug-likeness (QED) is 0.721. The van der Waals surface area contributed by atoms with E-state index in [1.165, 1.54) is 11.3 Å². The van der Waals surface area contributed by atoms with E-state index in [-0.39, 0.29) is 11.8 Å². The van der Waals surface area contributed by atoms with Gasteiger partial charge in [0.1, 0.15) is 0 Å². The molecule has 1 unspecified atom stereocenters. The van der Waals surface area contributed by atoms with Crippen LogP contribution in [0.3, 0.4) is 0 Å². The van der Waals surface area contributed by atoms with Gasteiger partial charge in [-0.1, -0.05) is 36.5 Å². The number of rotatable bonds is 6. The number of hydrogen-bond donors (Lipinski definition) is 1. The normalized spacial score (nSPS) is 12.0. The molecule has 5 nitrogen and oxygen atoms in total. The molecule has 0 spiro atoms. The molecule has 0 saturated heterocycles. The number of fused-ring (bicyclic) bond motifs is 1. The van der Waals surface area contributed by atoms with E-state index in [9.17, 15) is 4.79 Å². The molecule has 1 amide bonds. The second-order valence-electron chi connectivity index (χ2n) is 5.77. The van der Waals surface area contributed by atoms with Crippen molar-refractivity contribution < 1.29 is 14.3 Å². The number of amides is 1. The molecular weight excluding hydrogens is 336 g/mol. The molecule has 3 aromatic rings. The summed E-state index contributed by atoms with van der Waals surface area (Å²) in [5.74, 6) is 1.11. The maximum atomic E-state index is 12.5. The van der Waals surface area contributed by atoms with Gasteiger partial charge in [-0.25, -0.2) is 4.98 Å². The van der Waals surface area contributed by atoms with Crippen molar-refractivity contribution in [2.45, 2.75) is 13.3 Å². The van der Waals surface area contributed by atoms with Gasteiger partial charge in [0.25, 0.3) is 0 Å². The Morgan fingerprint density at radius 1 is 1.16 bits per heavy atom. The van der Waals surface area contributed by atoms with Gasteiger partial charge in [-0.15, -0.1) is 0 Å². The largest absolute Gasteiger partial charge is 0.493 e. The molecule has 0 radical (unpaired) electrons. The summed E-state index contributed by atoms with van der Waals surface area (Å²) < 4.78 is 11.6. The summed E-state index contributed by atoms with van der Waals surface area (Å²) in [6.45, 7) is 1.90. The van der Waals surface area contributed by atoms with E-state index in [0.717, 1.165) is 15.8 Å². The lowest BCUT2D eigenvalue weighted by molar-refractivity contribution is -0.119. The fraction of sp³-hybridized carbons (Fsp3) is 0.263. The molecule has 0 aliphatic heterocycles. The first-order valence-corrected chi connectivity index (χ1v) is 8.79. The maximum absolute atomic E-state index is 12.5. The highest BCUT2D eigenvalue weighted by atomic mass is 32.1. The van der Waals surface area contributed by atoms with E-state index in [2.05, 4.69) is 10.3 Å². The second kappa shape index (κ2) is 7.53. The Balaban J connectivity index is 1.68. The number of benzene rings is 2. The number of nitrogens with zero attached hydrogens (tertiary/aromatic N) is 1. The summed E-state index contributed by atoms with van der Waals surface area (Å²) in [5, 5.41) is 3.55. The smallest absolute Gasteiger partial charge is 0.229 e. The fourth-order valence-electron chi connectivity index (χ4n) is 2.61. The third-order valence-corrected chi connectivity index (χ3v) is 4.91. The molecule has 25 heavy (non-hydrogen) atoms. The predicted octanol–water partition coefficient (Wildman–Crippen LogP) is 4.13. The number of carbonyl (C=O) groups is 1. The summed E-state index contributed by atoms with van der Waals surface area (Å²) >= 11 is 1.48. The van der Waals surface area contributed by atoms with Crippen molar-refractivity contribution in [3.63, 3.8) is 0 Å². The number of aromatic nitrogens is 1. The van der Waals surface area contributed by atoms with Crippen molar-refractivity contribution >= 4 is 32.6 Å². The standard InChI is InChI=1S/C19H20N2O3S/c1-12(10-13-8-9-15(23-2)16(11-13)24-3)18(22)21-19-20-14-6-4-5-7-17(14)25-19/h4-9,11-12H,10H2,1-3H3,(H,20,21,22). The van der Waals surface area contributed by atoms with Crippen molar-refractivity contribution in [2.75, 3.05) is 19.5 Å². The third-order valence-electron chi connectivity index (χ3n) is 3.96. The highest BCUT2D eigenvalue weighted by Crippen LogP contribution is 2.29. The molecule has 0 fully saturated rings. The molecule has 0 aliphatic carbocycles. The number of carbonyl (C=O) groups excluding carboxylic acids is 1. The zero-order valence-corrected chi connectivity index (χ0v) is 15.2. The first kappa shape index (κ1) is 17.2. The van der Waals surface area contributed by atoms with Crippen LogP contribution in [0.1, 0.15) is 12.5 Å². The van der Waals surface area contributed by atoms with Gasteiger partial charge in [-0.2, -0.15) is 0 Å². The van der Waals surface area contributed by atoms with Crippen LogP contribution in [-0.4, -0.2) is 25.1 Å². The van der Waals surface area contributed by atoms with Crippen LogP contribution >= 0.6 is 11.3 Å². The van der Waals surface area contributed by atoms with E-state index >= 15 is 0 Å². The van der Waals surface area contributed by atoms with Gasteiger partial charge in [0.05, 0.1) is 24.4 Å². The van der Waals surface area contributed by atoms with Crippen LogP contribution in [0, 0.1) is 5.92 Å². The number of hydrogen-bond acceptors (Lipinski definition) is 5. The van der Waals surface area contributed by atoms with Crippen LogP contribution in [0.5, 0.6) is 11.5 Å². The number of anilines is 1. The van der Waals surface area contributed by atoms with E-state index in [0.29, 0.717) is 23.1 Å². The summed E-state index contributed by atoms with van der Waals surface area (Å²) in [5.41, 5.74) is 1.92. The van der Waals surface area contributed by atoms with E-state index < -0.39 is 0 Å². The highest BCUT2D eigenvalue weighted by molar-refractivity contribution is 7.22. The van der Waals surface area contributed by atoms with E-state index in [1.807, 2.05) is 49.4 Å². The van der Waals surface area contributed by atoms with Crippen LogP contribution < -0.4 is 14.8 Å². The summed E-state index contributed by atoms with van der Waals surface area (Å²) in [6.07, 6.45) is 0.608. The number of nitrogens with one attached hydrogen (secondary N) is 1. The molecule has 0 aliphatic rings. The van der Waals surface area contributed by atoms with Crippen LogP contribution in [0.25, 0.3) is 10.2 Å². The van der Waals surface area contributed by atoms with Gasteiger partial charge in [0.15, 0.2) is 16.6 Å². The van der Waals surface area contributed by atoms with Gasteiger partial charge in [0.2, 0.25) is 5.91 Å². The SMILES string of the molecule is COc1ccc(CC(C)C(=O)Nc2nc3ccccc3s2)cc1OC. The summed E-state index contributed by atoms with van der Waals surface area (Å²) in [7, 11) is 3.20. The number of methoxy groups -OCH3 is 2. The van der Waals surface area contributed by atoms with Crippen LogP contribution in [-0.2, 0) is 11.2 Å². The number of ether oxygens (including phenoxy) is 2. The van der Waals surface area contributed by atoms with Crippen molar-refractivity contribution in [1.82, 2.24) is 4.98 Å². The molecule has 1 aromatic heterocycles. The lowest BCUT2D eigenvalue weighted by Gasteiger charge is -2.13. The Bertz CT molecular complexity index is 858. The molecule has 6 heteroatoms. The van der Waals surface area contributed by atoms with Crippen molar-refractivity contribution in [3.8, 4) is 11.5 Å². The van der Waals surface area contributed by atoms with Crippen LogP contribution in [0.4, 0.5) is 5.13 Å². The van der Waals surface area contributed by atoms with Crippen LogP contribution in [0.2, 0.25) is 0 Å². The average Bonchev–Trinajstić information content (AvgIpc) is 3.03. The molecular formula is C19H20N2O3S. The Morgan fingerprint density at radius 2 is 1.92 bits per heavy atom. The number of thiazole rings is 1. The zero-order valence-electron chi connectivity index (χ0n) is 14.4. The topological polar surface area (TPSA) is 60.5 Å². The number of para-hydroxylation sites is 1. The van der Waals surface area contributed by atoms with Gasteiger partial charge in [-0.05, 0) is 36.2 Å². The van der Waals surface area contributed by atoms with E-state index in [4.69, 9.17) is 9.47 Å². The monoisotopic (exact) mass is 356 g/mol. The average molecular weight is 356 g/mol. The Kier molecular flexibility index (Phi) is 5.19. The maximum Gasteiger partial charge on any atom is 0.229 e. The Morgan fingerprint density at radius 3 is 2.64 bits per heavy atom. The molecule has 1 heterocycles. The van der Waals surface area contributed by atoms with Crippen molar-refractivity contribution in [2.24, 2.45) is 5.92 Å². The predicted molar refractivity (Wildman–Crippen MR) is 101 cm³/mol. The minimum absolute atomic E-state index is 0.0474. The molecule has 3 rings (SSSR count). The Hall–Kier alpha value is -2.60. The fourth-order valence-corrected chi connectivity index (χ4v) is 3.48. The first-order chi connectivity index (χ1) is 12.1. The molecule has 1 atom stereocenters. The van der Waals surface area contributed by atoms with Crippen molar-refractivity contribution in [1.29, 1.82) is 0 Å². The van der Waals surface area contributed by atoms with Gasteiger partial charge in [-0.3, -0.25) is 4.79 Å². The van der Waals surface area contributed by atoms with E-state index in [1.54, 1.807) is 14.2 Å². The van der Waals surface area contributed by atoms with Gasteiger partial charge < -0.3 is 14.8 Å². The third kappa shape index (κ3) is 3.91. The molecule has 0 bridgehead atoms. The van der Waals surface area contributed by atoms with Gasteiger partial charge >= 0.3 is 0 Å². The highest BCUT2D eigenvalue weighted by Gasteiger charge is 2.16. The van der Waals surface area contributed by atoms with Crippen molar-refractivity contribution in [3.05, 3.63) is 48.0 Å². The molecule has 2 aromatic carbocycles. The minimum Gasteiger partial charge on any atom is -0.493 e. The molecule has 130 valence electrons. The van der Waals surface area contributed by atoms with Crippen LogP contribution in [0.15, 0.2) is 42.5 Å². The summed E-state index contributed by atoms with van der Waals surface area (Å²) in [6, 6.07) is 13.5. The lowest BCUT2D eigenvalue weighted by atomic mass is 10.00.